The van der Waals surface area contributed by atoms with Crippen LogP contribution in [0.25, 0.3) is 0 Å². The molecule has 0 unspecified atom stereocenters. The Kier molecular flexibility index (Phi) is 3.37. The van der Waals surface area contributed by atoms with Crippen LogP contribution < -0.4 is 0 Å². The maximum Gasteiger partial charge on any atom is 0.497 e. The van der Waals surface area contributed by atoms with E-state index in [1.54, 1.807) is 0 Å². The first-order valence-corrected chi connectivity index (χ1v) is 5.16. The maximum atomic E-state index is 11.6. The summed E-state index contributed by atoms with van der Waals surface area (Å²) in [6.07, 6.45) is 0. The van der Waals surface area contributed by atoms with Crippen molar-refractivity contribution in [1.82, 2.24) is 0 Å². The Balaban J connectivity index is 4.51. The molecule has 0 aliphatic heterocycles. The van der Waals surface area contributed by atoms with Crippen LogP contribution in [0.15, 0.2) is 0 Å². The number of rotatable bonds is 2. The molecule has 1 atom stereocenters. The van der Waals surface area contributed by atoms with Gasteiger partial charge >= 0.3 is 5.51 Å². The van der Waals surface area contributed by atoms with Gasteiger partial charge in [0.15, 0.2) is 0 Å². The van der Waals surface area contributed by atoms with Crippen LogP contribution in [0.2, 0.25) is 0 Å². The molecule has 0 radical (unpaired) electrons. The first kappa shape index (κ1) is 11.2. The topological polar surface area (TPSA) is 34.1 Å². The highest BCUT2D eigenvalue weighted by molar-refractivity contribution is 9.09. The van der Waals surface area contributed by atoms with E-state index in [9.17, 15) is 21.6 Å². The third-order valence-corrected chi connectivity index (χ3v) is 3.20. The molecule has 0 saturated heterocycles. The highest BCUT2D eigenvalue weighted by Gasteiger charge is 2.45. The van der Waals surface area contributed by atoms with Crippen molar-refractivity contribution < 1.29 is 21.6 Å². The monoisotopic (exact) mass is 254 g/mol. The molecule has 0 rings (SSSR count). The molecule has 7 heteroatoms. The lowest BCUT2D eigenvalue weighted by Gasteiger charge is -2.08. The predicted molar refractivity (Wildman–Crippen MR) is 38.2 cm³/mol. The van der Waals surface area contributed by atoms with Gasteiger partial charge in [0, 0.05) is 4.83 Å². The molecule has 0 spiro atoms. The Hall–Kier alpha value is 0.220. The molecule has 0 heterocycles. The summed E-state index contributed by atoms with van der Waals surface area (Å²) in [5.41, 5.74) is -5.13. The third kappa shape index (κ3) is 3.42. The molecule has 0 fully saturated rings. The van der Waals surface area contributed by atoms with Crippen molar-refractivity contribution in [3.63, 3.8) is 0 Å². The number of halogens is 4. The minimum atomic E-state index is -5.13. The van der Waals surface area contributed by atoms with Gasteiger partial charge in [0.25, 0.3) is 0 Å². The SMILES string of the molecule is C[C@H](Br)CS(=O)(=O)C(F)(F)F. The Bertz CT molecular complexity index is 218. The number of alkyl halides is 4. The van der Waals surface area contributed by atoms with E-state index in [1.807, 2.05) is 0 Å². The van der Waals surface area contributed by atoms with E-state index in [0.29, 0.717) is 0 Å². The van der Waals surface area contributed by atoms with Crippen LogP contribution in [-0.2, 0) is 9.84 Å². The molecule has 11 heavy (non-hydrogen) atoms. The first-order chi connectivity index (χ1) is 4.67. The summed E-state index contributed by atoms with van der Waals surface area (Å²) in [7, 11) is -4.94. The Labute approximate surface area is 70.8 Å². The summed E-state index contributed by atoms with van der Waals surface area (Å²) in [6.45, 7) is 1.34. The predicted octanol–water partition coefficient (Wildman–Crippen LogP) is 1.70. The Morgan fingerprint density at radius 1 is 1.45 bits per heavy atom. The van der Waals surface area contributed by atoms with Crippen LogP contribution in [-0.4, -0.2) is 24.5 Å². The van der Waals surface area contributed by atoms with Crippen molar-refractivity contribution in [3.05, 3.63) is 0 Å². The zero-order valence-electron chi connectivity index (χ0n) is 5.52. The molecule has 0 saturated carbocycles. The normalized spacial score (nSPS) is 16.5. The lowest BCUT2D eigenvalue weighted by atomic mass is 10.6. The molecule has 0 amide bonds. The number of sulfone groups is 1. The van der Waals surface area contributed by atoms with Crippen LogP contribution in [0, 0.1) is 0 Å². The van der Waals surface area contributed by atoms with Crippen molar-refractivity contribution >= 4 is 25.8 Å². The van der Waals surface area contributed by atoms with Gasteiger partial charge in [0.1, 0.15) is 0 Å². The summed E-state index contributed by atoms with van der Waals surface area (Å²) in [6, 6.07) is 0. The summed E-state index contributed by atoms with van der Waals surface area (Å²) >= 11 is 2.72. The lowest BCUT2D eigenvalue weighted by molar-refractivity contribution is -0.0435. The van der Waals surface area contributed by atoms with Gasteiger partial charge in [-0.05, 0) is 0 Å². The minimum Gasteiger partial charge on any atom is -0.220 e. The molecular formula is C4H6BrF3O2S. The van der Waals surface area contributed by atoms with Crippen LogP contribution in [0.1, 0.15) is 6.92 Å². The zero-order valence-corrected chi connectivity index (χ0v) is 7.92. The Morgan fingerprint density at radius 2 is 1.82 bits per heavy atom. The fourth-order valence-electron chi connectivity index (χ4n) is 0.397. The van der Waals surface area contributed by atoms with E-state index in [0.717, 1.165) is 0 Å². The van der Waals surface area contributed by atoms with Crippen LogP contribution >= 0.6 is 15.9 Å². The van der Waals surface area contributed by atoms with E-state index in [-0.39, 0.29) is 0 Å². The summed E-state index contributed by atoms with van der Waals surface area (Å²) < 4.78 is 55.4. The quantitative estimate of drug-likeness (QED) is 0.704. The molecule has 0 bridgehead atoms. The molecule has 0 aliphatic carbocycles. The van der Waals surface area contributed by atoms with Crippen molar-refractivity contribution in [1.29, 1.82) is 0 Å². The first-order valence-electron chi connectivity index (χ1n) is 2.60. The van der Waals surface area contributed by atoms with Gasteiger partial charge < -0.3 is 0 Å². The van der Waals surface area contributed by atoms with Gasteiger partial charge in [0.05, 0.1) is 5.75 Å². The molecule has 0 aliphatic rings. The molecule has 2 nitrogen and oxygen atoms in total. The molecule has 68 valence electrons. The molecule has 0 aromatic rings. The standard InChI is InChI=1S/C4H6BrF3O2S/c1-3(5)2-11(9,10)4(6,7)8/h3H,2H2,1H3/t3-/m0/s1. The van der Waals surface area contributed by atoms with Gasteiger partial charge in [-0.1, -0.05) is 22.9 Å². The number of hydrogen-bond donors (Lipinski definition) is 0. The van der Waals surface area contributed by atoms with Gasteiger partial charge in [-0.3, -0.25) is 0 Å². The average Bonchev–Trinajstić information content (AvgIpc) is 1.56. The van der Waals surface area contributed by atoms with E-state index >= 15 is 0 Å². The van der Waals surface area contributed by atoms with E-state index < -0.39 is 25.9 Å². The second-order valence-corrected chi connectivity index (χ2v) is 5.60. The smallest absolute Gasteiger partial charge is 0.220 e. The Morgan fingerprint density at radius 3 is 1.91 bits per heavy atom. The summed E-state index contributed by atoms with van der Waals surface area (Å²) in [5.74, 6) is -0.920. The highest BCUT2D eigenvalue weighted by atomic mass is 79.9. The van der Waals surface area contributed by atoms with E-state index in [2.05, 4.69) is 15.9 Å². The highest BCUT2D eigenvalue weighted by Crippen LogP contribution is 2.25. The van der Waals surface area contributed by atoms with Crippen molar-refractivity contribution in [2.24, 2.45) is 0 Å². The van der Waals surface area contributed by atoms with Gasteiger partial charge in [-0.15, -0.1) is 0 Å². The zero-order chi connectivity index (χ0) is 9.28. The van der Waals surface area contributed by atoms with Crippen molar-refractivity contribution in [3.8, 4) is 0 Å². The van der Waals surface area contributed by atoms with Gasteiger partial charge in [-0.25, -0.2) is 8.42 Å². The van der Waals surface area contributed by atoms with Crippen LogP contribution in [0.5, 0.6) is 0 Å². The molecular weight excluding hydrogens is 249 g/mol. The van der Waals surface area contributed by atoms with Crippen molar-refractivity contribution in [2.45, 2.75) is 17.3 Å². The summed E-state index contributed by atoms with van der Waals surface area (Å²) in [5, 5.41) is 0. The van der Waals surface area contributed by atoms with Crippen LogP contribution in [0.3, 0.4) is 0 Å². The fourth-order valence-corrected chi connectivity index (χ4v) is 2.23. The van der Waals surface area contributed by atoms with Crippen molar-refractivity contribution in [2.75, 3.05) is 5.75 Å². The van der Waals surface area contributed by atoms with Gasteiger partial charge in [-0.2, -0.15) is 13.2 Å². The van der Waals surface area contributed by atoms with Gasteiger partial charge in [0.2, 0.25) is 9.84 Å². The molecule has 0 aromatic heterocycles. The average molecular weight is 255 g/mol. The fraction of sp³-hybridized carbons (Fsp3) is 1.00. The second kappa shape index (κ2) is 3.30. The van der Waals surface area contributed by atoms with E-state index in [4.69, 9.17) is 0 Å². The maximum absolute atomic E-state index is 11.6. The summed E-state index contributed by atoms with van der Waals surface area (Å²) in [4.78, 5) is -0.686. The second-order valence-electron chi connectivity index (χ2n) is 2.01. The molecule has 0 N–H and O–H groups in total. The molecule has 0 aromatic carbocycles. The van der Waals surface area contributed by atoms with E-state index in [1.165, 1.54) is 6.92 Å². The lowest BCUT2D eigenvalue weighted by Crippen LogP contribution is -2.29. The largest absolute Gasteiger partial charge is 0.497 e. The minimum absolute atomic E-state index is 0.686. The third-order valence-electron chi connectivity index (χ3n) is 0.802. The number of hydrogen-bond acceptors (Lipinski definition) is 2. The van der Waals surface area contributed by atoms with Crippen LogP contribution in [0.4, 0.5) is 13.2 Å².